The molecule has 1 aliphatic carbocycles. The van der Waals surface area contributed by atoms with Gasteiger partial charge in [-0.3, -0.25) is 0 Å². The fourth-order valence-corrected chi connectivity index (χ4v) is 5.03. The maximum atomic E-state index is 4.59. The predicted octanol–water partition coefficient (Wildman–Crippen LogP) is 6.65. The molecule has 6 aromatic rings. The Morgan fingerprint density at radius 3 is 2.10 bits per heavy atom. The Labute approximate surface area is 172 Å². The Morgan fingerprint density at radius 1 is 0.500 bits per heavy atom. The normalized spacial score (nSPS) is 12.0. The quantitative estimate of drug-likeness (QED) is 0.299. The van der Waals surface area contributed by atoms with Crippen LogP contribution in [0, 0.1) is 0 Å². The summed E-state index contributed by atoms with van der Waals surface area (Å²) in [6.45, 7) is 0. The highest BCUT2D eigenvalue weighted by Crippen LogP contribution is 2.53. The van der Waals surface area contributed by atoms with Crippen molar-refractivity contribution in [1.82, 2.24) is 15.0 Å². The van der Waals surface area contributed by atoms with Crippen molar-refractivity contribution in [3.63, 3.8) is 0 Å². The van der Waals surface area contributed by atoms with Gasteiger partial charge in [-0.2, -0.15) is 0 Å². The van der Waals surface area contributed by atoms with E-state index < -0.39 is 0 Å². The fourth-order valence-electron chi connectivity index (χ4n) is 5.03. The van der Waals surface area contributed by atoms with Gasteiger partial charge < -0.3 is 0 Å². The molecule has 1 heterocycles. The molecule has 7 rings (SSSR count). The van der Waals surface area contributed by atoms with Crippen molar-refractivity contribution in [2.24, 2.45) is 0 Å². The van der Waals surface area contributed by atoms with Gasteiger partial charge in [-0.1, -0.05) is 72.8 Å². The minimum absolute atomic E-state index is 0.716. The van der Waals surface area contributed by atoms with E-state index >= 15 is 0 Å². The van der Waals surface area contributed by atoms with Crippen LogP contribution in [0.3, 0.4) is 0 Å². The van der Waals surface area contributed by atoms with Gasteiger partial charge in [0.1, 0.15) is 12.7 Å². The topological polar surface area (TPSA) is 38.7 Å². The van der Waals surface area contributed by atoms with Crippen molar-refractivity contribution < 1.29 is 0 Å². The SMILES string of the molecule is c1cc2c3c(cccc3c1)-c1c-2cc2ccc3ccccc3c2c1-c1ncncn1. The molecule has 0 N–H and O–H groups in total. The molecular weight excluding hydrogens is 366 g/mol. The molecule has 0 aliphatic heterocycles. The van der Waals surface area contributed by atoms with Gasteiger partial charge in [0.2, 0.25) is 0 Å². The first-order valence-electron chi connectivity index (χ1n) is 10.0. The third kappa shape index (κ3) is 1.96. The Kier molecular flexibility index (Phi) is 3.00. The van der Waals surface area contributed by atoms with E-state index in [0.29, 0.717) is 5.82 Å². The van der Waals surface area contributed by atoms with E-state index in [-0.39, 0.29) is 0 Å². The van der Waals surface area contributed by atoms with Crippen LogP contribution in [-0.2, 0) is 0 Å². The predicted molar refractivity (Wildman–Crippen MR) is 122 cm³/mol. The second-order valence-corrected chi connectivity index (χ2v) is 7.73. The number of fused-ring (bicyclic) bond motifs is 6. The van der Waals surface area contributed by atoms with Gasteiger partial charge in [-0.05, 0) is 49.7 Å². The summed E-state index contributed by atoms with van der Waals surface area (Å²) in [7, 11) is 0. The van der Waals surface area contributed by atoms with E-state index in [0.717, 1.165) is 5.56 Å². The average molecular weight is 381 g/mol. The van der Waals surface area contributed by atoms with Crippen LogP contribution in [0.2, 0.25) is 0 Å². The molecule has 0 bridgehead atoms. The van der Waals surface area contributed by atoms with Gasteiger partial charge in [0, 0.05) is 16.5 Å². The molecule has 3 heteroatoms. The molecule has 0 atom stereocenters. The number of hydrogen-bond acceptors (Lipinski definition) is 3. The lowest BCUT2D eigenvalue weighted by Gasteiger charge is -2.15. The van der Waals surface area contributed by atoms with Crippen molar-refractivity contribution in [2.75, 3.05) is 0 Å². The van der Waals surface area contributed by atoms with Gasteiger partial charge in [0.05, 0.1) is 0 Å². The molecule has 0 unspecified atom stereocenters. The molecule has 3 nitrogen and oxygen atoms in total. The van der Waals surface area contributed by atoms with Crippen LogP contribution >= 0.6 is 0 Å². The first kappa shape index (κ1) is 15.8. The minimum atomic E-state index is 0.716. The molecule has 0 amide bonds. The molecule has 1 aliphatic rings. The zero-order valence-electron chi connectivity index (χ0n) is 16.0. The van der Waals surface area contributed by atoms with Crippen LogP contribution in [0.15, 0.2) is 91.5 Å². The summed E-state index contributed by atoms with van der Waals surface area (Å²) >= 11 is 0. The van der Waals surface area contributed by atoms with Crippen LogP contribution in [0.4, 0.5) is 0 Å². The van der Waals surface area contributed by atoms with E-state index in [1.807, 2.05) is 0 Å². The standard InChI is InChI=1S/C27H15N3/c1-2-8-19-16(5-1)11-12-18-13-22-20-9-3-6-17-7-4-10-21(23(17)20)25(22)26(24(18)19)27-29-14-28-15-30-27/h1-15H. The zero-order chi connectivity index (χ0) is 19.7. The first-order valence-corrected chi connectivity index (χ1v) is 10.0. The molecule has 0 radical (unpaired) electrons. The smallest absolute Gasteiger partial charge is 0.163 e. The van der Waals surface area contributed by atoms with E-state index in [4.69, 9.17) is 0 Å². The Morgan fingerprint density at radius 2 is 1.23 bits per heavy atom. The van der Waals surface area contributed by atoms with Crippen LogP contribution in [-0.4, -0.2) is 15.0 Å². The third-order valence-electron chi connectivity index (χ3n) is 6.21. The molecule has 30 heavy (non-hydrogen) atoms. The molecule has 0 fully saturated rings. The number of nitrogens with zero attached hydrogens (tertiary/aromatic N) is 3. The Balaban J connectivity index is 1.78. The zero-order valence-corrected chi connectivity index (χ0v) is 16.0. The molecule has 0 saturated heterocycles. The highest BCUT2D eigenvalue weighted by atomic mass is 15.0. The van der Waals surface area contributed by atoms with Crippen molar-refractivity contribution in [1.29, 1.82) is 0 Å². The average Bonchev–Trinajstić information content (AvgIpc) is 3.13. The second-order valence-electron chi connectivity index (χ2n) is 7.73. The number of rotatable bonds is 1. The van der Waals surface area contributed by atoms with Gasteiger partial charge in [0.15, 0.2) is 5.82 Å². The van der Waals surface area contributed by atoms with Crippen molar-refractivity contribution >= 4 is 32.3 Å². The molecule has 5 aromatic carbocycles. The number of aromatic nitrogens is 3. The van der Waals surface area contributed by atoms with Gasteiger partial charge in [-0.25, -0.2) is 15.0 Å². The van der Waals surface area contributed by atoms with Crippen LogP contribution < -0.4 is 0 Å². The lowest BCUT2D eigenvalue weighted by atomic mass is 9.89. The van der Waals surface area contributed by atoms with Crippen LogP contribution in [0.1, 0.15) is 0 Å². The van der Waals surface area contributed by atoms with Gasteiger partial charge in [0.25, 0.3) is 0 Å². The summed E-state index contributed by atoms with van der Waals surface area (Å²) in [6.07, 6.45) is 3.17. The molecule has 0 saturated carbocycles. The highest BCUT2D eigenvalue weighted by Gasteiger charge is 2.27. The molecule has 138 valence electrons. The minimum Gasteiger partial charge on any atom is -0.225 e. The fraction of sp³-hybridized carbons (Fsp3) is 0. The second kappa shape index (κ2) is 5.71. The van der Waals surface area contributed by atoms with E-state index in [1.54, 1.807) is 12.7 Å². The first-order chi connectivity index (χ1) is 14.9. The van der Waals surface area contributed by atoms with E-state index in [2.05, 4.69) is 93.8 Å². The maximum Gasteiger partial charge on any atom is 0.163 e. The van der Waals surface area contributed by atoms with Crippen molar-refractivity contribution in [2.45, 2.75) is 0 Å². The number of benzene rings is 5. The van der Waals surface area contributed by atoms with E-state index in [9.17, 15) is 0 Å². The lowest BCUT2D eigenvalue weighted by Crippen LogP contribution is -1.95. The Hall–Kier alpha value is -4.11. The van der Waals surface area contributed by atoms with E-state index in [1.165, 1.54) is 54.6 Å². The monoisotopic (exact) mass is 381 g/mol. The summed E-state index contributed by atoms with van der Waals surface area (Å²) in [4.78, 5) is 13.2. The van der Waals surface area contributed by atoms with Crippen LogP contribution in [0.5, 0.6) is 0 Å². The van der Waals surface area contributed by atoms with Gasteiger partial charge in [-0.15, -0.1) is 0 Å². The summed E-state index contributed by atoms with van der Waals surface area (Å²) in [5.74, 6) is 0.716. The largest absolute Gasteiger partial charge is 0.225 e. The summed E-state index contributed by atoms with van der Waals surface area (Å²) in [5.41, 5.74) is 6.09. The Bertz CT molecular complexity index is 1630. The lowest BCUT2D eigenvalue weighted by molar-refractivity contribution is 1.06. The van der Waals surface area contributed by atoms with Crippen molar-refractivity contribution in [3.8, 4) is 33.6 Å². The van der Waals surface area contributed by atoms with Gasteiger partial charge >= 0.3 is 0 Å². The molecule has 0 spiro atoms. The highest BCUT2D eigenvalue weighted by molar-refractivity contribution is 6.25. The summed E-state index contributed by atoms with van der Waals surface area (Å²) < 4.78 is 0. The molecular formula is C27H15N3. The molecule has 1 aromatic heterocycles. The number of hydrogen-bond donors (Lipinski definition) is 0. The summed E-state index contributed by atoms with van der Waals surface area (Å²) in [5, 5.41) is 7.41. The maximum absolute atomic E-state index is 4.59. The summed E-state index contributed by atoms with van der Waals surface area (Å²) in [6, 6.07) is 28.4. The van der Waals surface area contributed by atoms with Crippen LogP contribution in [0.25, 0.3) is 66.0 Å². The third-order valence-corrected chi connectivity index (χ3v) is 6.21. The van der Waals surface area contributed by atoms with Crippen molar-refractivity contribution in [3.05, 3.63) is 91.5 Å².